The Balaban J connectivity index is 2.83. The number of hydrogen-bond acceptors (Lipinski definition) is 3. The van der Waals surface area contributed by atoms with E-state index >= 15 is 0 Å². The predicted octanol–water partition coefficient (Wildman–Crippen LogP) is 3.95. The lowest BCUT2D eigenvalue weighted by Gasteiger charge is -2.15. The number of allylic oxidation sites excluding steroid dienone is 1. The minimum atomic E-state index is -3.15. The van der Waals surface area contributed by atoms with Crippen LogP contribution in [0.25, 0.3) is 0 Å². The van der Waals surface area contributed by atoms with Crippen molar-refractivity contribution in [3.63, 3.8) is 0 Å². The molecule has 0 spiro atoms. The molecule has 0 aliphatic rings. The zero-order valence-corrected chi connectivity index (χ0v) is 14.3. The van der Waals surface area contributed by atoms with Crippen molar-refractivity contribution in [1.82, 2.24) is 0 Å². The van der Waals surface area contributed by atoms with Gasteiger partial charge >= 0.3 is 0 Å². The molecule has 0 bridgehead atoms. The SMILES string of the molecule is C=CCCS(=O)(=O)C[C@H](C)c1ccc(F)c(OCC(C)C)c1. The van der Waals surface area contributed by atoms with Crippen LogP contribution < -0.4 is 4.74 Å². The van der Waals surface area contributed by atoms with E-state index in [4.69, 9.17) is 4.74 Å². The molecule has 0 aliphatic heterocycles. The molecule has 3 nitrogen and oxygen atoms in total. The molecule has 0 N–H and O–H groups in total. The quantitative estimate of drug-likeness (QED) is 0.645. The maximum absolute atomic E-state index is 13.7. The van der Waals surface area contributed by atoms with Gasteiger partial charge < -0.3 is 4.74 Å². The van der Waals surface area contributed by atoms with E-state index in [-0.39, 0.29) is 23.2 Å². The van der Waals surface area contributed by atoms with Crippen LogP contribution in [-0.4, -0.2) is 26.5 Å². The van der Waals surface area contributed by atoms with Gasteiger partial charge in [0.15, 0.2) is 21.4 Å². The van der Waals surface area contributed by atoms with Crippen molar-refractivity contribution in [2.45, 2.75) is 33.1 Å². The normalized spacial score (nSPS) is 13.1. The number of sulfone groups is 1. The lowest BCUT2D eigenvalue weighted by Crippen LogP contribution is -2.16. The molecule has 0 amide bonds. The number of halogens is 1. The summed E-state index contributed by atoms with van der Waals surface area (Å²) in [4.78, 5) is 0. The second-order valence-electron chi connectivity index (χ2n) is 5.99. The van der Waals surface area contributed by atoms with Gasteiger partial charge in [-0.3, -0.25) is 0 Å². The van der Waals surface area contributed by atoms with Crippen LogP contribution in [0.15, 0.2) is 30.9 Å². The molecule has 1 rings (SSSR count). The Morgan fingerprint density at radius 2 is 2.00 bits per heavy atom. The standard InChI is InChI=1S/C17H25FO3S/c1-5-6-9-22(19,20)12-14(4)15-7-8-16(18)17(10-15)21-11-13(2)3/h5,7-8,10,13-14H,1,6,9,11-12H2,2-4H3/t14-/m0/s1. The zero-order valence-electron chi connectivity index (χ0n) is 13.5. The fourth-order valence-corrected chi connectivity index (χ4v) is 3.66. The maximum atomic E-state index is 13.7. The van der Waals surface area contributed by atoms with Gasteiger partial charge in [0.05, 0.1) is 18.1 Å². The monoisotopic (exact) mass is 328 g/mol. The van der Waals surface area contributed by atoms with Crippen molar-refractivity contribution >= 4 is 9.84 Å². The maximum Gasteiger partial charge on any atom is 0.165 e. The molecule has 1 aromatic carbocycles. The van der Waals surface area contributed by atoms with Crippen molar-refractivity contribution in [3.8, 4) is 5.75 Å². The number of benzene rings is 1. The number of rotatable bonds is 9. The van der Waals surface area contributed by atoms with Gasteiger partial charge in [0, 0.05) is 0 Å². The topological polar surface area (TPSA) is 43.4 Å². The van der Waals surface area contributed by atoms with Crippen LogP contribution in [0.5, 0.6) is 5.75 Å². The summed E-state index contributed by atoms with van der Waals surface area (Å²) in [6.45, 7) is 9.75. The van der Waals surface area contributed by atoms with E-state index in [2.05, 4.69) is 6.58 Å². The van der Waals surface area contributed by atoms with Gasteiger partial charge in [0.2, 0.25) is 0 Å². The Hall–Kier alpha value is -1.36. The summed E-state index contributed by atoms with van der Waals surface area (Å²) in [6, 6.07) is 4.55. The smallest absolute Gasteiger partial charge is 0.165 e. The Labute approximate surface area is 133 Å². The Kier molecular flexibility index (Phi) is 7.07. The highest BCUT2D eigenvalue weighted by Crippen LogP contribution is 2.25. The molecule has 0 unspecified atom stereocenters. The fraction of sp³-hybridized carbons (Fsp3) is 0.529. The van der Waals surface area contributed by atoms with Crippen LogP contribution in [0.1, 0.15) is 38.7 Å². The lowest BCUT2D eigenvalue weighted by molar-refractivity contribution is 0.259. The molecule has 0 heterocycles. The van der Waals surface area contributed by atoms with E-state index in [9.17, 15) is 12.8 Å². The molecule has 22 heavy (non-hydrogen) atoms. The van der Waals surface area contributed by atoms with Gasteiger partial charge in [0.1, 0.15) is 0 Å². The van der Waals surface area contributed by atoms with Crippen molar-refractivity contribution in [1.29, 1.82) is 0 Å². The highest BCUT2D eigenvalue weighted by Gasteiger charge is 2.18. The third-order valence-electron chi connectivity index (χ3n) is 3.23. The van der Waals surface area contributed by atoms with Gasteiger partial charge in [-0.25, -0.2) is 12.8 Å². The van der Waals surface area contributed by atoms with E-state index in [0.29, 0.717) is 18.9 Å². The molecule has 5 heteroatoms. The van der Waals surface area contributed by atoms with Crippen LogP contribution in [0.3, 0.4) is 0 Å². The van der Waals surface area contributed by atoms with Gasteiger partial charge in [-0.1, -0.05) is 32.9 Å². The first-order valence-electron chi connectivity index (χ1n) is 7.48. The first-order chi connectivity index (χ1) is 10.2. The summed E-state index contributed by atoms with van der Waals surface area (Å²) in [5, 5.41) is 0. The van der Waals surface area contributed by atoms with Crippen LogP contribution >= 0.6 is 0 Å². The van der Waals surface area contributed by atoms with Crippen LogP contribution in [0.4, 0.5) is 4.39 Å². The third kappa shape index (κ3) is 6.18. The molecule has 0 radical (unpaired) electrons. The Morgan fingerprint density at radius 3 is 2.59 bits per heavy atom. The Bertz CT molecular complexity index is 594. The van der Waals surface area contributed by atoms with Crippen molar-refractivity contribution < 1.29 is 17.5 Å². The van der Waals surface area contributed by atoms with Crippen molar-refractivity contribution in [2.75, 3.05) is 18.1 Å². The van der Waals surface area contributed by atoms with Gasteiger partial charge in [-0.05, 0) is 36.0 Å². The second kappa shape index (κ2) is 8.32. The first kappa shape index (κ1) is 18.7. The van der Waals surface area contributed by atoms with Gasteiger partial charge in [-0.15, -0.1) is 6.58 Å². The van der Waals surface area contributed by atoms with Crippen LogP contribution in [-0.2, 0) is 9.84 Å². The molecule has 0 saturated heterocycles. The van der Waals surface area contributed by atoms with Crippen molar-refractivity contribution in [3.05, 3.63) is 42.2 Å². The largest absolute Gasteiger partial charge is 0.490 e. The summed E-state index contributed by atoms with van der Waals surface area (Å²) in [7, 11) is -3.15. The van der Waals surface area contributed by atoms with E-state index in [1.807, 2.05) is 20.8 Å². The van der Waals surface area contributed by atoms with Gasteiger partial charge in [-0.2, -0.15) is 0 Å². The van der Waals surface area contributed by atoms with E-state index in [1.54, 1.807) is 18.2 Å². The molecule has 0 aliphatic carbocycles. The summed E-state index contributed by atoms with van der Waals surface area (Å²) in [5.74, 6) is -0.0290. The van der Waals surface area contributed by atoms with Gasteiger partial charge in [0.25, 0.3) is 0 Å². The number of hydrogen-bond donors (Lipinski definition) is 0. The van der Waals surface area contributed by atoms with E-state index in [0.717, 1.165) is 5.56 Å². The minimum absolute atomic E-state index is 0.0378. The summed E-state index contributed by atoms with van der Waals surface area (Å²) in [5.41, 5.74) is 0.766. The molecular weight excluding hydrogens is 303 g/mol. The molecule has 0 saturated carbocycles. The van der Waals surface area contributed by atoms with Crippen LogP contribution in [0, 0.1) is 11.7 Å². The molecule has 1 atom stereocenters. The molecule has 1 aromatic rings. The fourth-order valence-electron chi connectivity index (χ4n) is 2.02. The molecule has 124 valence electrons. The molecule has 0 fully saturated rings. The highest BCUT2D eigenvalue weighted by molar-refractivity contribution is 7.91. The van der Waals surface area contributed by atoms with E-state index in [1.165, 1.54) is 6.07 Å². The average molecular weight is 328 g/mol. The predicted molar refractivity (Wildman–Crippen MR) is 88.6 cm³/mol. The van der Waals surface area contributed by atoms with E-state index < -0.39 is 15.7 Å². The number of ether oxygens (including phenoxy) is 1. The molecular formula is C17H25FO3S. The second-order valence-corrected chi connectivity index (χ2v) is 8.22. The zero-order chi connectivity index (χ0) is 16.8. The van der Waals surface area contributed by atoms with Crippen LogP contribution in [0.2, 0.25) is 0 Å². The summed E-state index contributed by atoms with van der Waals surface area (Å²) < 4.78 is 43.2. The minimum Gasteiger partial charge on any atom is -0.490 e. The Morgan fingerprint density at radius 1 is 1.32 bits per heavy atom. The summed E-state index contributed by atoms with van der Waals surface area (Å²) in [6.07, 6.45) is 2.04. The average Bonchev–Trinajstić information content (AvgIpc) is 2.43. The van der Waals surface area contributed by atoms with Crippen molar-refractivity contribution in [2.24, 2.45) is 5.92 Å². The molecule has 0 aromatic heterocycles. The first-order valence-corrected chi connectivity index (χ1v) is 9.31. The third-order valence-corrected chi connectivity index (χ3v) is 5.10. The highest BCUT2D eigenvalue weighted by atomic mass is 32.2. The summed E-state index contributed by atoms with van der Waals surface area (Å²) >= 11 is 0. The lowest BCUT2D eigenvalue weighted by atomic mass is 10.0.